The number of imidazole rings is 1. The molecule has 0 N–H and O–H groups in total. The fraction of sp³-hybridized carbons (Fsp3) is 0.500. The van der Waals surface area contributed by atoms with Crippen molar-refractivity contribution in [3.8, 4) is 0 Å². The molecule has 0 bridgehead atoms. The third kappa shape index (κ3) is 2.49. The average molecular weight is 250 g/mol. The predicted octanol–water partition coefficient (Wildman–Crippen LogP) is 1.55. The molecular formula is C6H8BrN3O3. The second-order valence-corrected chi connectivity index (χ2v) is 2.93. The van der Waals surface area contributed by atoms with Gasteiger partial charge in [0.25, 0.3) is 4.73 Å². The minimum Gasteiger partial charge on any atom is -0.361 e. The molecule has 0 aliphatic rings. The lowest BCUT2D eigenvalue weighted by molar-refractivity contribution is -0.389. The van der Waals surface area contributed by atoms with Crippen molar-refractivity contribution < 1.29 is 9.66 Å². The molecular weight excluding hydrogens is 242 g/mol. The minimum absolute atomic E-state index is 0.188. The van der Waals surface area contributed by atoms with E-state index in [-0.39, 0.29) is 12.5 Å². The summed E-state index contributed by atoms with van der Waals surface area (Å²) in [4.78, 5) is 13.4. The van der Waals surface area contributed by atoms with Crippen molar-refractivity contribution in [1.29, 1.82) is 0 Å². The van der Waals surface area contributed by atoms with Crippen LogP contribution in [0.1, 0.15) is 6.92 Å². The van der Waals surface area contributed by atoms with Crippen molar-refractivity contribution in [3.63, 3.8) is 0 Å². The summed E-state index contributed by atoms with van der Waals surface area (Å²) in [5.41, 5.74) is 0. The molecule has 0 aromatic carbocycles. The Hall–Kier alpha value is -0.950. The van der Waals surface area contributed by atoms with Gasteiger partial charge >= 0.3 is 5.82 Å². The quantitative estimate of drug-likeness (QED) is 0.600. The molecule has 0 unspecified atom stereocenters. The van der Waals surface area contributed by atoms with Crippen LogP contribution >= 0.6 is 15.9 Å². The normalized spacial score (nSPS) is 10.3. The summed E-state index contributed by atoms with van der Waals surface area (Å²) < 4.78 is 6.98. The summed E-state index contributed by atoms with van der Waals surface area (Å²) >= 11 is 3.08. The summed E-state index contributed by atoms with van der Waals surface area (Å²) in [6.07, 6.45) is 1.32. The van der Waals surface area contributed by atoms with Gasteiger partial charge in [-0.15, -0.1) is 0 Å². The van der Waals surface area contributed by atoms with Crippen molar-refractivity contribution in [2.45, 2.75) is 13.7 Å². The third-order valence-corrected chi connectivity index (χ3v) is 1.97. The summed E-state index contributed by atoms with van der Waals surface area (Å²) in [6.45, 7) is 2.66. The molecule has 6 nitrogen and oxygen atoms in total. The zero-order chi connectivity index (χ0) is 9.84. The first-order chi connectivity index (χ1) is 6.15. The fourth-order valence-corrected chi connectivity index (χ4v) is 1.13. The largest absolute Gasteiger partial charge is 0.382 e. The van der Waals surface area contributed by atoms with E-state index in [0.717, 1.165) is 0 Å². The van der Waals surface area contributed by atoms with Crippen LogP contribution in [0.4, 0.5) is 5.82 Å². The van der Waals surface area contributed by atoms with E-state index < -0.39 is 4.92 Å². The van der Waals surface area contributed by atoms with E-state index in [1.807, 2.05) is 6.92 Å². The molecule has 0 fully saturated rings. The second-order valence-electron chi connectivity index (χ2n) is 2.22. The Kier molecular flexibility index (Phi) is 3.38. The Morgan fingerprint density at radius 1 is 1.85 bits per heavy atom. The first-order valence-electron chi connectivity index (χ1n) is 3.60. The van der Waals surface area contributed by atoms with Gasteiger partial charge in [-0.3, -0.25) is 4.57 Å². The van der Waals surface area contributed by atoms with Gasteiger partial charge < -0.3 is 14.9 Å². The molecule has 0 amide bonds. The Morgan fingerprint density at radius 2 is 2.54 bits per heavy atom. The Bertz CT molecular complexity index is 312. The molecule has 0 saturated heterocycles. The van der Waals surface area contributed by atoms with E-state index in [9.17, 15) is 10.1 Å². The summed E-state index contributed by atoms with van der Waals surface area (Å²) in [7, 11) is 0. The zero-order valence-electron chi connectivity index (χ0n) is 6.94. The predicted molar refractivity (Wildman–Crippen MR) is 48.2 cm³/mol. The first-order valence-corrected chi connectivity index (χ1v) is 4.39. The molecule has 13 heavy (non-hydrogen) atoms. The highest BCUT2D eigenvalue weighted by molar-refractivity contribution is 9.10. The smallest absolute Gasteiger partial charge is 0.361 e. The van der Waals surface area contributed by atoms with Crippen molar-refractivity contribution >= 4 is 21.7 Å². The van der Waals surface area contributed by atoms with Gasteiger partial charge in [0.1, 0.15) is 12.9 Å². The average Bonchev–Trinajstić information content (AvgIpc) is 2.44. The number of aromatic nitrogens is 2. The number of hydrogen-bond acceptors (Lipinski definition) is 4. The van der Waals surface area contributed by atoms with Crippen LogP contribution in [-0.4, -0.2) is 21.1 Å². The van der Waals surface area contributed by atoms with Gasteiger partial charge in [-0.1, -0.05) is 0 Å². The van der Waals surface area contributed by atoms with Crippen LogP contribution in [0.3, 0.4) is 0 Å². The molecule has 1 heterocycles. The molecule has 0 saturated carbocycles. The first kappa shape index (κ1) is 10.1. The SMILES string of the molecule is CCOCn1cc([N+](=O)[O-])nc1Br. The van der Waals surface area contributed by atoms with E-state index >= 15 is 0 Å². The molecule has 0 spiro atoms. The fourth-order valence-electron chi connectivity index (χ4n) is 0.748. The maximum Gasteiger partial charge on any atom is 0.382 e. The number of rotatable bonds is 4. The minimum atomic E-state index is -0.548. The van der Waals surface area contributed by atoms with Crippen LogP contribution in [0, 0.1) is 10.1 Å². The van der Waals surface area contributed by atoms with Crippen molar-refractivity contribution in [2.24, 2.45) is 0 Å². The number of halogens is 1. The van der Waals surface area contributed by atoms with Crippen LogP contribution in [-0.2, 0) is 11.5 Å². The maximum absolute atomic E-state index is 10.3. The number of ether oxygens (including phenoxy) is 1. The number of nitro groups is 1. The Balaban J connectivity index is 2.77. The lowest BCUT2D eigenvalue weighted by atomic mass is 10.8. The molecule has 0 aliphatic carbocycles. The number of nitrogens with zero attached hydrogens (tertiary/aromatic N) is 3. The van der Waals surface area contributed by atoms with E-state index in [1.165, 1.54) is 10.8 Å². The van der Waals surface area contributed by atoms with Gasteiger partial charge in [-0.25, -0.2) is 0 Å². The van der Waals surface area contributed by atoms with Crippen molar-refractivity contribution in [3.05, 3.63) is 21.0 Å². The molecule has 72 valence electrons. The topological polar surface area (TPSA) is 70.2 Å². The van der Waals surface area contributed by atoms with E-state index in [1.54, 1.807) is 0 Å². The van der Waals surface area contributed by atoms with Crippen LogP contribution < -0.4 is 0 Å². The molecule has 7 heteroatoms. The molecule has 1 aromatic heterocycles. The summed E-state index contributed by atoms with van der Waals surface area (Å²) in [5.74, 6) is -0.188. The van der Waals surface area contributed by atoms with Crippen LogP contribution in [0.25, 0.3) is 0 Å². The van der Waals surface area contributed by atoms with Gasteiger partial charge in [-0.05, 0) is 16.8 Å². The van der Waals surface area contributed by atoms with Gasteiger partial charge in [0.15, 0.2) is 0 Å². The molecule has 1 aromatic rings. The van der Waals surface area contributed by atoms with Crippen LogP contribution in [0.5, 0.6) is 0 Å². The molecule has 0 aliphatic heterocycles. The lowest BCUT2D eigenvalue weighted by Gasteiger charge is -1.99. The molecule has 0 radical (unpaired) electrons. The van der Waals surface area contributed by atoms with Gasteiger partial charge in [0, 0.05) is 22.5 Å². The van der Waals surface area contributed by atoms with Crippen molar-refractivity contribution in [2.75, 3.05) is 6.61 Å². The Morgan fingerprint density at radius 3 is 3.00 bits per heavy atom. The highest BCUT2D eigenvalue weighted by Gasteiger charge is 2.15. The van der Waals surface area contributed by atoms with E-state index in [0.29, 0.717) is 11.3 Å². The Labute approximate surface area is 82.8 Å². The van der Waals surface area contributed by atoms with Crippen molar-refractivity contribution in [1.82, 2.24) is 9.55 Å². The second kappa shape index (κ2) is 4.33. The molecule has 0 atom stereocenters. The van der Waals surface area contributed by atoms with Crippen LogP contribution in [0.15, 0.2) is 10.9 Å². The monoisotopic (exact) mass is 249 g/mol. The third-order valence-electron chi connectivity index (χ3n) is 1.34. The van der Waals surface area contributed by atoms with Gasteiger partial charge in [0.2, 0.25) is 0 Å². The lowest BCUT2D eigenvalue weighted by Crippen LogP contribution is -2.00. The summed E-state index contributed by atoms with van der Waals surface area (Å²) in [6, 6.07) is 0. The van der Waals surface area contributed by atoms with Gasteiger partial charge in [0.05, 0.1) is 0 Å². The van der Waals surface area contributed by atoms with Gasteiger partial charge in [-0.2, -0.15) is 0 Å². The maximum atomic E-state index is 10.3. The standard InChI is InChI=1S/C6H8BrN3O3/c1-2-13-4-9-3-5(10(11)12)8-6(9)7/h3H,2,4H2,1H3. The summed E-state index contributed by atoms with van der Waals surface area (Å²) in [5, 5.41) is 10.3. The number of hydrogen-bond donors (Lipinski definition) is 0. The highest BCUT2D eigenvalue weighted by atomic mass is 79.9. The van der Waals surface area contributed by atoms with E-state index in [2.05, 4.69) is 20.9 Å². The highest BCUT2D eigenvalue weighted by Crippen LogP contribution is 2.15. The zero-order valence-corrected chi connectivity index (χ0v) is 8.52. The van der Waals surface area contributed by atoms with E-state index in [4.69, 9.17) is 4.74 Å². The van der Waals surface area contributed by atoms with Crippen LogP contribution in [0.2, 0.25) is 0 Å². The molecule has 1 rings (SSSR count).